The Labute approximate surface area is 610 Å². The van der Waals surface area contributed by atoms with Crippen LogP contribution >= 0.6 is 0 Å². The number of ketones is 5. The average molecular weight is 1440 g/mol. The minimum absolute atomic E-state index is 0.0144. The first-order chi connectivity index (χ1) is 48.6. The van der Waals surface area contributed by atoms with Crippen LogP contribution in [0.3, 0.4) is 0 Å². The summed E-state index contributed by atoms with van der Waals surface area (Å²) in [7, 11) is 8.29. The fourth-order valence-corrected chi connectivity index (χ4v) is 14.3. The fraction of sp³-hybridized carbons (Fsp3) is 0.658. The van der Waals surface area contributed by atoms with Crippen molar-refractivity contribution in [3.63, 3.8) is 0 Å². The zero-order chi connectivity index (χ0) is 76.9. The van der Waals surface area contributed by atoms with Crippen LogP contribution in [-0.2, 0) is 84.7 Å². The van der Waals surface area contributed by atoms with Gasteiger partial charge in [0.2, 0.25) is 23.6 Å². The van der Waals surface area contributed by atoms with Crippen LogP contribution < -0.4 is 16.4 Å². The van der Waals surface area contributed by atoms with E-state index >= 15 is 4.79 Å². The minimum atomic E-state index is -0.959. The number of methoxy groups -OCH3 is 2. The topological polar surface area (TPSA) is 322 Å². The van der Waals surface area contributed by atoms with Crippen LogP contribution in [0.5, 0.6) is 0 Å². The number of imide groups is 1. The number of rotatable bonds is 48. The van der Waals surface area contributed by atoms with Gasteiger partial charge in [0, 0.05) is 121 Å². The molecule has 2 aromatic rings. The summed E-state index contributed by atoms with van der Waals surface area (Å²) in [4.78, 5) is 180. The lowest BCUT2D eigenvalue weighted by atomic mass is 9.80. The molecular weight excluding hydrogens is 1320 g/mol. The van der Waals surface area contributed by atoms with Gasteiger partial charge < -0.3 is 45.1 Å². The van der Waals surface area contributed by atoms with Crippen LogP contribution in [0, 0.1) is 61.2 Å². The summed E-state index contributed by atoms with van der Waals surface area (Å²) < 4.78 is 23.7. The van der Waals surface area contributed by atoms with Crippen molar-refractivity contribution in [2.24, 2.45) is 53.1 Å². The molecule has 0 spiro atoms. The minimum Gasteiger partial charge on any atom is -0.461 e. The molecule has 2 heterocycles. The van der Waals surface area contributed by atoms with E-state index in [0.717, 1.165) is 16.0 Å². The van der Waals surface area contributed by atoms with Crippen molar-refractivity contribution in [1.29, 1.82) is 0 Å². The molecule has 2 aliphatic heterocycles. The molecule has 572 valence electrons. The van der Waals surface area contributed by atoms with Gasteiger partial charge in [-0.05, 0) is 100 Å². The maximum Gasteiger partial charge on any atom is 0.407 e. The number of carbonyl (C=O) groups is 13. The number of hydrogen-bond donors (Lipinski definition) is 3. The summed E-state index contributed by atoms with van der Waals surface area (Å²) in [5.41, 5.74) is 8.93. The number of nitrogens with zero attached hydrogens (tertiary/aromatic N) is 4. The molecule has 2 aromatic carbocycles. The van der Waals surface area contributed by atoms with E-state index in [9.17, 15) is 57.5 Å². The molecule has 2 aliphatic rings. The van der Waals surface area contributed by atoms with Gasteiger partial charge in [-0.1, -0.05) is 130 Å². The molecule has 4 rings (SSSR count). The van der Waals surface area contributed by atoms with Gasteiger partial charge in [-0.2, -0.15) is 0 Å². The van der Waals surface area contributed by atoms with Crippen LogP contribution in [-0.4, -0.2) is 194 Å². The summed E-state index contributed by atoms with van der Waals surface area (Å²) in [6, 6.07) is 10.6. The maximum absolute atomic E-state index is 15.0. The lowest BCUT2D eigenvalue weighted by Crippen LogP contribution is -2.54. The highest BCUT2D eigenvalue weighted by molar-refractivity contribution is 6.12. The van der Waals surface area contributed by atoms with Crippen molar-refractivity contribution in [3.8, 4) is 0 Å². The summed E-state index contributed by atoms with van der Waals surface area (Å²) in [5.74, 6) is -6.94. The monoisotopic (exact) mass is 1440 g/mol. The van der Waals surface area contributed by atoms with E-state index in [-0.39, 0.29) is 173 Å². The summed E-state index contributed by atoms with van der Waals surface area (Å²) in [6.45, 7) is 20.7. The summed E-state index contributed by atoms with van der Waals surface area (Å²) >= 11 is 0. The number of likely N-dealkylation sites (tertiary alicyclic amines) is 1. The predicted molar refractivity (Wildman–Crippen MR) is 391 cm³/mol. The van der Waals surface area contributed by atoms with E-state index in [0.29, 0.717) is 61.6 Å². The molecule has 4 N–H and O–H groups in total. The number of aryl methyl sites for hydroxylation is 2. The highest BCUT2D eigenvalue weighted by Crippen LogP contribution is 2.33. The maximum atomic E-state index is 15.0. The summed E-state index contributed by atoms with van der Waals surface area (Å²) in [6.07, 6.45) is 2.97. The molecular formula is C79H119N7O17. The first kappa shape index (κ1) is 87.6. The molecule has 1 fully saturated rings. The van der Waals surface area contributed by atoms with Crippen molar-refractivity contribution >= 4 is 76.4 Å². The SMILES string of the molecule is CC[C@H](C)[C@@H]([C@@H](CC(=O)N1C[C@@H](OC(=O)NCCCC(=O)OCc2ccc(CC(=O)[C@H](CCCCC(N)=O)CC(=O)[C@@H](CC(=O)CCCCCN3C(=O)C=CC3=O)C(C)C)cc2)C[C@H]1[C@H](OC)[C@@H](C)C(=O)NCC(=O)c1ccc(C)cc1C)OC)N(C)C(=O)[C@@H](CC(=O)[C@H](C(C)C)N(C)C)C(C)C. The van der Waals surface area contributed by atoms with Crippen molar-refractivity contribution in [3.05, 3.63) is 82.4 Å². The summed E-state index contributed by atoms with van der Waals surface area (Å²) in [5, 5.41) is 5.45. The van der Waals surface area contributed by atoms with Gasteiger partial charge in [0.05, 0.1) is 55.8 Å². The number of amides is 7. The van der Waals surface area contributed by atoms with E-state index in [1.54, 1.807) is 49.2 Å². The lowest BCUT2D eigenvalue weighted by Gasteiger charge is -2.41. The predicted octanol–water partition coefficient (Wildman–Crippen LogP) is 9.02. The number of ether oxygens (including phenoxy) is 4. The number of nitrogens with two attached hydrogens (primary N) is 1. The highest BCUT2D eigenvalue weighted by Gasteiger charge is 2.47. The molecule has 7 amide bonds. The molecule has 11 atom stereocenters. The molecule has 0 aliphatic carbocycles. The number of Topliss-reactive ketones (excluding diaryl/α,β-unsaturated/α-hetero) is 5. The second-order valence-corrected chi connectivity index (χ2v) is 29.6. The van der Waals surface area contributed by atoms with E-state index in [1.165, 1.54) is 31.3 Å². The average Bonchev–Trinajstić information content (AvgIpc) is 1.74. The first-order valence-corrected chi connectivity index (χ1v) is 36.9. The quantitative estimate of drug-likeness (QED) is 0.0241. The Hall–Kier alpha value is -7.83. The van der Waals surface area contributed by atoms with Crippen LogP contribution in [0.15, 0.2) is 54.6 Å². The zero-order valence-electron chi connectivity index (χ0n) is 64.1. The second-order valence-electron chi connectivity index (χ2n) is 29.6. The molecule has 103 heavy (non-hydrogen) atoms. The van der Waals surface area contributed by atoms with E-state index in [4.69, 9.17) is 24.7 Å². The molecule has 0 unspecified atom stereocenters. The fourth-order valence-electron chi connectivity index (χ4n) is 14.3. The molecule has 0 bridgehead atoms. The Kier molecular flexibility index (Phi) is 36.9. The molecule has 0 saturated carbocycles. The highest BCUT2D eigenvalue weighted by atomic mass is 16.6. The van der Waals surface area contributed by atoms with Gasteiger partial charge in [0.25, 0.3) is 11.8 Å². The van der Waals surface area contributed by atoms with Crippen LogP contribution in [0.2, 0.25) is 0 Å². The Morgan fingerprint density at radius 2 is 1.32 bits per heavy atom. The van der Waals surface area contributed by atoms with Crippen molar-refractivity contribution in [2.45, 2.75) is 228 Å². The van der Waals surface area contributed by atoms with E-state index < -0.39 is 83.9 Å². The Balaban J connectivity index is 1.39. The Morgan fingerprint density at radius 3 is 1.90 bits per heavy atom. The molecule has 1 saturated heterocycles. The number of nitrogens with one attached hydrogen (secondary N) is 2. The standard InChI is InChI=1S/C79H119N7O17/c1-17-52(9)75(84(14)78(98)62(49(4)5)43-66(90)74(50(6)7)83(12)13)68(100-15)44-72(95)86-46-59(42-63(86)76(101-16)54(11)77(97)82-45-67(91)60-33-28-51(8)38-53(60)10)103-79(99)81-36-23-27-73(96)102-47-56-31-29-55(30-32-56)39-64(88)57(24-20-21-26-69(80)92)40-65(89)61(48(2)3)41-58(87)25-19-18-22-37-85-70(93)34-35-71(85)94/h28-35,38,48-50,52,54,57,59,61-63,68,74-76H,17-27,36-37,39-47H2,1-16H3,(H2,80,92)(H,81,99)(H,82,97)/t52-,54+,57+,59-,61-,62-,63-,68+,74-,75-,76+/m0/s1. The number of benzene rings is 2. The third-order valence-electron chi connectivity index (χ3n) is 20.4. The number of carbonyl (C=O) groups excluding carboxylic acids is 13. The van der Waals surface area contributed by atoms with Crippen LogP contribution in [0.4, 0.5) is 4.79 Å². The number of esters is 1. The van der Waals surface area contributed by atoms with Crippen molar-refractivity contribution in [1.82, 2.24) is 30.2 Å². The number of likely N-dealkylation sites (N-methyl/N-ethyl adjacent to an activating group) is 2. The first-order valence-electron chi connectivity index (χ1n) is 36.9. The second kappa shape index (κ2) is 43.4. The number of hydrogen-bond acceptors (Lipinski definition) is 18. The third kappa shape index (κ3) is 27.6. The van der Waals surface area contributed by atoms with Crippen LogP contribution in [0.1, 0.15) is 198 Å². The largest absolute Gasteiger partial charge is 0.461 e. The third-order valence-corrected chi connectivity index (χ3v) is 20.4. The van der Waals surface area contributed by atoms with Gasteiger partial charge in [0.1, 0.15) is 30.1 Å². The van der Waals surface area contributed by atoms with Gasteiger partial charge in [-0.25, -0.2) is 4.79 Å². The van der Waals surface area contributed by atoms with Gasteiger partial charge in [-0.15, -0.1) is 0 Å². The molecule has 24 heteroatoms. The van der Waals surface area contributed by atoms with Crippen molar-refractivity contribution in [2.75, 3.05) is 61.5 Å². The van der Waals surface area contributed by atoms with Crippen molar-refractivity contribution < 1.29 is 81.3 Å². The number of unbranched alkanes of at least 4 members (excludes halogenated alkanes) is 3. The number of alkyl carbamates (subject to hydrolysis) is 1. The van der Waals surface area contributed by atoms with Gasteiger partial charge >= 0.3 is 12.1 Å². The van der Waals surface area contributed by atoms with E-state index in [1.807, 2.05) is 100 Å². The van der Waals surface area contributed by atoms with E-state index in [2.05, 4.69) is 10.6 Å². The van der Waals surface area contributed by atoms with Gasteiger partial charge in [0.15, 0.2) is 11.6 Å². The smallest absolute Gasteiger partial charge is 0.407 e. The lowest BCUT2D eigenvalue weighted by molar-refractivity contribution is -0.149. The van der Waals surface area contributed by atoms with Crippen LogP contribution in [0.25, 0.3) is 0 Å². The normalized spacial score (nSPS) is 17.2. The van der Waals surface area contributed by atoms with Gasteiger partial charge in [-0.3, -0.25) is 67.3 Å². The Bertz CT molecular complexity index is 3230. The molecule has 24 nitrogen and oxygen atoms in total. The number of primary amides is 1. The molecule has 0 aromatic heterocycles. The zero-order valence-corrected chi connectivity index (χ0v) is 64.1. The Morgan fingerprint density at radius 1 is 0.680 bits per heavy atom. The molecule has 0 radical (unpaired) electrons.